The molecule has 176 valence electrons. The Kier molecular flexibility index (Phi) is 9.22. The summed E-state index contributed by atoms with van der Waals surface area (Å²) in [6.45, 7) is 0.930. The number of carboxylic acid groups (broad SMARTS) is 1. The molecule has 0 heterocycles. The van der Waals surface area contributed by atoms with E-state index in [4.69, 9.17) is 19.3 Å². The molecule has 0 aliphatic heterocycles. The fourth-order valence-electron chi connectivity index (χ4n) is 3.65. The van der Waals surface area contributed by atoms with Crippen molar-refractivity contribution >= 4 is 18.0 Å². The predicted molar refractivity (Wildman–Crippen MR) is 120 cm³/mol. The average molecular weight is 456 g/mol. The smallest absolute Gasteiger partial charge is 0.407 e. The van der Waals surface area contributed by atoms with E-state index in [0.29, 0.717) is 0 Å². The number of alkyl carbamates (subject to hydrolysis) is 1. The molecule has 1 aliphatic rings. The number of nitrogens with one attached hydrogen (secondary N) is 2. The fraction of sp³-hybridized carbons (Fsp3) is 0.375. The van der Waals surface area contributed by atoms with E-state index in [2.05, 4.69) is 34.9 Å². The van der Waals surface area contributed by atoms with Gasteiger partial charge in [0, 0.05) is 25.4 Å². The molecule has 2 amide bonds. The van der Waals surface area contributed by atoms with E-state index in [9.17, 15) is 14.4 Å². The maximum Gasteiger partial charge on any atom is 0.407 e. The number of fused-ring (bicyclic) bond motifs is 3. The Morgan fingerprint density at radius 2 is 1.42 bits per heavy atom. The minimum absolute atomic E-state index is 0.00689. The van der Waals surface area contributed by atoms with Crippen molar-refractivity contribution in [2.45, 2.75) is 12.3 Å². The number of aliphatic carboxylic acids is 1. The number of amides is 2. The van der Waals surface area contributed by atoms with Crippen molar-refractivity contribution in [1.82, 2.24) is 10.6 Å². The molecule has 0 fully saturated rings. The molecule has 2 aromatic rings. The van der Waals surface area contributed by atoms with Crippen molar-refractivity contribution in [3.8, 4) is 11.1 Å². The molecule has 0 atom stereocenters. The lowest BCUT2D eigenvalue weighted by Crippen LogP contribution is -2.30. The van der Waals surface area contributed by atoms with Gasteiger partial charge in [-0.3, -0.25) is 4.79 Å². The Balaban J connectivity index is 1.27. The summed E-state index contributed by atoms with van der Waals surface area (Å²) in [6.07, 6.45) is -0.358. The highest BCUT2D eigenvalue weighted by Crippen LogP contribution is 2.44. The summed E-state index contributed by atoms with van der Waals surface area (Å²) in [5, 5.41) is 13.7. The zero-order valence-corrected chi connectivity index (χ0v) is 18.2. The summed E-state index contributed by atoms with van der Waals surface area (Å²) in [6, 6.07) is 16.3. The van der Waals surface area contributed by atoms with Crippen LogP contribution in [0.4, 0.5) is 4.79 Å². The third-order valence-electron chi connectivity index (χ3n) is 5.13. The molecule has 2 aromatic carbocycles. The van der Waals surface area contributed by atoms with Crippen LogP contribution in [0.1, 0.15) is 23.5 Å². The molecule has 0 saturated heterocycles. The SMILES string of the molecule is O=C(O)COCCNC(=O)CCOCCNC(=O)OCC1c2ccccc2-c2ccccc21. The molecular formula is C24H28N2O7. The molecule has 0 radical (unpaired) electrons. The van der Waals surface area contributed by atoms with Crippen LogP contribution in [0.25, 0.3) is 11.1 Å². The van der Waals surface area contributed by atoms with Crippen LogP contribution in [-0.2, 0) is 23.8 Å². The minimum Gasteiger partial charge on any atom is -0.480 e. The molecular weight excluding hydrogens is 428 g/mol. The van der Waals surface area contributed by atoms with Gasteiger partial charge in [-0.1, -0.05) is 48.5 Å². The molecule has 3 N–H and O–H groups in total. The van der Waals surface area contributed by atoms with E-state index in [-0.39, 0.29) is 57.8 Å². The maximum absolute atomic E-state index is 12.1. The van der Waals surface area contributed by atoms with Gasteiger partial charge in [0.25, 0.3) is 0 Å². The Labute approximate surface area is 192 Å². The third-order valence-corrected chi connectivity index (χ3v) is 5.13. The molecule has 0 saturated carbocycles. The zero-order valence-electron chi connectivity index (χ0n) is 18.2. The molecule has 0 unspecified atom stereocenters. The number of ether oxygens (including phenoxy) is 3. The second-order valence-electron chi connectivity index (χ2n) is 7.41. The van der Waals surface area contributed by atoms with Crippen LogP contribution in [0.5, 0.6) is 0 Å². The number of hydrogen-bond acceptors (Lipinski definition) is 6. The predicted octanol–water partition coefficient (Wildman–Crippen LogP) is 2.15. The molecule has 0 spiro atoms. The summed E-state index contributed by atoms with van der Waals surface area (Å²) in [5.41, 5.74) is 4.66. The summed E-state index contributed by atoms with van der Waals surface area (Å²) in [4.78, 5) is 34.0. The zero-order chi connectivity index (χ0) is 23.5. The van der Waals surface area contributed by atoms with Crippen LogP contribution in [0.2, 0.25) is 0 Å². The van der Waals surface area contributed by atoms with Gasteiger partial charge in [-0.05, 0) is 22.3 Å². The summed E-state index contributed by atoms with van der Waals surface area (Å²) < 4.78 is 15.6. The van der Waals surface area contributed by atoms with Crippen molar-refractivity contribution in [3.05, 3.63) is 59.7 Å². The van der Waals surface area contributed by atoms with Gasteiger partial charge >= 0.3 is 12.1 Å². The van der Waals surface area contributed by atoms with Crippen LogP contribution in [0, 0.1) is 0 Å². The lowest BCUT2D eigenvalue weighted by Gasteiger charge is -2.14. The Hall–Kier alpha value is -3.43. The molecule has 3 rings (SSSR count). The van der Waals surface area contributed by atoms with Crippen molar-refractivity contribution in [1.29, 1.82) is 0 Å². The van der Waals surface area contributed by atoms with Gasteiger partial charge in [-0.25, -0.2) is 9.59 Å². The summed E-state index contributed by atoms with van der Waals surface area (Å²) >= 11 is 0. The quantitative estimate of drug-likeness (QED) is 0.395. The van der Waals surface area contributed by atoms with E-state index in [0.717, 1.165) is 11.1 Å². The van der Waals surface area contributed by atoms with Gasteiger partial charge in [0.15, 0.2) is 0 Å². The first-order chi connectivity index (χ1) is 16.1. The number of benzene rings is 2. The number of carbonyl (C=O) groups excluding carboxylic acids is 2. The van der Waals surface area contributed by atoms with Crippen LogP contribution < -0.4 is 10.6 Å². The standard InChI is InChI=1S/C24H28N2O7/c27-22(25-10-14-32-16-23(28)29)9-12-31-13-11-26-24(30)33-15-21-19-7-3-1-5-17(19)18-6-2-4-8-20(18)21/h1-8,21H,9-16H2,(H,25,27)(H,26,30)(H,28,29). The molecule has 1 aliphatic carbocycles. The van der Waals surface area contributed by atoms with Crippen LogP contribution in [0.3, 0.4) is 0 Å². The van der Waals surface area contributed by atoms with E-state index in [1.165, 1.54) is 11.1 Å². The Morgan fingerprint density at radius 1 is 0.818 bits per heavy atom. The normalized spacial score (nSPS) is 12.0. The Bertz CT molecular complexity index is 918. The largest absolute Gasteiger partial charge is 0.480 e. The molecule has 9 nitrogen and oxygen atoms in total. The highest BCUT2D eigenvalue weighted by Gasteiger charge is 2.28. The van der Waals surface area contributed by atoms with E-state index in [1.807, 2.05) is 24.3 Å². The minimum atomic E-state index is -1.05. The topological polar surface area (TPSA) is 123 Å². The maximum atomic E-state index is 12.1. The fourth-order valence-corrected chi connectivity index (χ4v) is 3.65. The van der Waals surface area contributed by atoms with E-state index < -0.39 is 18.7 Å². The number of carbonyl (C=O) groups is 3. The van der Waals surface area contributed by atoms with Gasteiger partial charge < -0.3 is 30.0 Å². The molecule has 9 heteroatoms. The van der Waals surface area contributed by atoms with Crippen molar-refractivity contribution < 1.29 is 33.7 Å². The van der Waals surface area contributed by atoms with Crippen molar-refractivity contribution in [2.75, 3.05) is 46.1 Å². The monoisotopic (exact) mass is 456 g/mol. The van der Waals surface area contributed by atoms with Gasteiger partial charge in [0.1, 0.15) is 13.2 Å². The lowest BCUT2D eigenvalue weighted by molar-refractivity contribution is -0.142. The van der Waals surface area contributed by atoms with E-state index >= 15 is 0 Å². The highest BCUT2D eigenvalue weighted by atomic mass is 16.5. The summed E-state index contributed by atoms with van der Waals surface area (Å²) in [7, 11) is 0. The van der Waals surface area contributed by atoms with Gasteiger partial charge in [-0.15, -0.1) is 0 Å². The highest BCUT2D eigenvalue weighted by molar-refractivity contribution is 5.79. The second-order valence-corrected chi connectivity index (χ2v) is 7.41. The van der Waals surface area contributed by atoms with Gasteiger partial charge in [0.05, 0.1) is 19.8 Å². The molecule has 0 aromatic heterocycles. The molecule has 0 bridgehead atoms. The van der Waals surface area contributed by atoms with Gasteiger partial charge in [0.2, 0.25) is 5.91 Å². The lowest BCUT2D eigenvalue weighted by atomic mass is 9.98. The molecule has 33 heavy (non-hydrogen) atoms. The second kappa shape index (κ2) is 12.6. The number of rotatable bonds is 13. The van der Waals surface area contributed by atoms with Crippen molar-refractivity contribution in [2.24, 2.45) is 0 Å². The number of hydrogen-bond donors (Lipinski definition) is 3. The van der Waals surface area contributed by atoms with Crippen LogP contribution in [-0.4, -0.2) is 69.2 Å². The van der Waals surface area contributed by atoms with Gasteiger partial charge in [-0.2, -0.15) is 0 Å². The number of carboxylic acids is 1. The summed E-state index contributed by atoms with van der Waals surface area (Å²) in [5.74, 6) is -1.27. The van der Waals surface area contributed by atoms with Crippen LogP contribution >= 0.6 is 0 Å². The third kappa shape index (κ3) is 7.30. The first-order valence-electron chi connectivity index (χ1n) is 10.8. The first kappa shape index (κ1) is 24.2. The Morgan fingerprint density at radius 3 is 2.09 bits per heavy atom. The van der Waals surface area contributed by atoms with Crippen LogP contribution in [0.15, 0.2) is 48.5 Å². The first-order valence-corrected chi connectivity index (χ1v) is 10.8. The van der Waals surface area contributed by atoms with E-state index in [1.54, 1.807) is 0 Å². The average Bonchev–Trinajstić information content (AvgIpc) is 3.13. The van der Waals surface area contributed by atoms with Crippen molar-refractivity contribution in [3.63, 3.8) is 0 Å².